The minimum Gasteiger partial charge on any atom is -0.465 e. The number of hydrogen-bond acceptors (Lipinski definition) is 3. The van der Waals surface area contributed by atoms with Crippen molar-refractivity contribution < 1.29 is 14.3 Å². The molecule has 1 aliphatic carbocycles. The smallest absolute Gasteiger partial charge is 0.316 e. The van der Waals surface area contributed by atoms with Gasteiger partial charge in [0.1, 0.15) is 11.7 Å². The fraction of sp³-hybridized carbons (Fsp3) is 0.846. The molecule has 0 radical (unpaired) electrons. The Morgan fingerprint density at radius 2 is 1.81 bits per heavy atom. The van der Waals surface area contributed by atoms with E-state index in [9.17, 15) is 9.59 Å². The Balaban J connectivity index is 2.53. The maximum absolute atomic E-state index is 11.8. The molecule has 0 amide bonds. The van der Waals surface area contributed by atoms with Crippen LogP contribution in [0.3, 0.4) is 0 Å². The second kappa shape index (κ2) is 7.42. The summed E-state index contributed by atoms with van der Waals surface area (Å²) in [7, 11) is 0. The summed E-state index contributed by atoms with van der Waals surface area (Å²) in [6, 6.07) is 0. The first kappa shape index (κ1) is 13.2. The summed E-state index contributed by atoms with van der Waals surface area (Å²) >= 11 is 0. The number of ether oxygens (including phenoxy) is 1. The molecule has 3 nitrogen and oxygen atoms in total. The molecule has 0 aromatic carbocycles. The summed E-state index contributed by atoms with van der Waals surface area (Å²) < 4.78 is 4.96. The van der Waals surface area contributed by atoms with Crippen LogP contribution in [-0.4, -0.2) is 18.4 Å². The Morgan fingerprint density at radius 1 is 1.19 bits per heavy atom. The first-order valence-electron chi connectivity index (χ1n) is 6.45. The van der Waals surface area contributed by atoms with Gasteiger partial charge in [-0.3, -0.25) is 9.59 Å². The molecule has 0 spiro atoms. The van der Waals surface area contributed by atoms with Gasteiger partial charge in [0.2, 0.25) is 0 Å². The topological polar surface area (TPSA) is 43.4 Å². The van der Waals surface area contributed by atoms with Crippen molar-refractivity contribution in [3.63, 3.8) is 0 Å². The average molecular weight is 226 g/mol. The molecule has 1 aliphatic rings. The van der Waals surface area contributed by atoms with Crippen LogP contribution in [0.5, 0.6) is 0 Å². The number of carbonyl (C=O) groups is 2. The molecule has 0 aromatic heterocycles. The van der Waals surface area contributed by atoms with Gasteiger partial charge in [0.05, 0.1) is 6.61 Å². The van der Waals surface area contributed by atoms with Crippen molar-refractivity contribution in [3.8, 4) is 0 Å². The SMILES string of the molecule is CCOC(=O)C1CCCCCCCCC1=O. The van der Waals surface area contributed by atoms with Crippen molar-refractivity contribution >= 4 is 11.8 Å². The molecule has 1 fully saturated rings. The first-order valence-corrected chi connectivity index (χ1v) is 6.45. The number of ketones is 1. The Kier molecular flexibility index (Phi) is 6.12. The number of esters is 1. The van der Waals surface area contributed by atoms with Gasteiger partial charge in [0, 0.05) is 6.42 Å². The van der Waals surface area contributed by atoms with Gasteiger partial charge in [-0.1, -0.05) is 32.1 Å². The van der Waals surface area contributed by atoms with Crippen LogP contribution in [0.15, 0.2) is 0 Å². The molecule has 0 aliphatic heterocycles. The van der Waals surface area contributed by atoms with Gasteiger partial charge in [-0.2, -0.15) is 0 Å². The molecule has 1 saturated carbocycles. The van der Waals surface area contributed by atoms with Crippen LogP contribution in [0.4, 0.5) is 0 Å². The highest BCUT2D eigenvalue weighted by molar-refractivity contribution is 5.98. The molecule has 1 atom stereocenters. The zero-order chi connectivity index (χ0) is 11.8. The normalized spacial score (nSPS) is 23.8. The third kappa shape index (κ3) is 4.33. The van der Waals surface area contributed by atoms with Crippen LogP contribution >= 0.6 is 0 Å². The van der Waals surface area contributed by atoms with Gasteiger partial charge in [0.25, 0.3) is 0 Å². The molecular formula is C13H22O3. The molecule has 0 aromatic rings. The molecule has 0 N–H and O–H groups in total. The third-order valence-electron chi connectivity index (χ3n) is 3.13. The van der Waals surface area contributed by atoms with Gasteiger partial charge in [-0.05, 0) is 19.8 Å². The second-order valence-corrected chi connectivity index (χ2v) is 4.43. The fourth-order valence-corrected chi connectivity index (χ4v) is 2.18. The predicted molar refractivity (Wildman–Crippen MR) is 62.1 cm³/mol. The van der Waals surface area contributed by atoms with E-state index in [1.165, 1.54) is 12.8 Å². The average Bonchev–Trinajstić information content (AvgIpc) is 2.27. The molecule has 1 unspecified atom stereocenters. The van der Waals surface area contributed by atoms with E-state index in [0.717, 1.165) is 25.7 Å². The maximum Gasteiger partial charge on any atom is 0.316 e. The third-order valence-corrected chi connectivity index (χ3v) is 3.13. The van der Waals surface area contributed by atoms with Crippen LogP contribution in [0.25, 0.3) is 0 Å². The van der Waals surface area contributed by atoms with Crippen molar-refractivity contribution in [2.45, 2.75) is 58.3 Å². The number of Topliss-reactive ketones (excluding diaryl/α,β-unsaturated/α-hetero) is 1. The first-order chi connectivity index (χ1) is 7.75. The standard InChI is InChI=1S/C13H22O3/c1-2-16-13(15)11-9-7-5-3-4-6-8-10-12(11)14/h11H,2-10H2,1H3. The maximum atomic E-state index is 11.8. The van der Waals surface area contributed by atoms with E-state index < -0.39 is 5.92 Å². The minimum atomic E-state index is -0.488. The summed E-state index contributed by atoms with van der Waals surface area (Å²) in [5.41, 5.74) is 0. The molecule has 16 heavy (non-hydrogen) atoms. The molecule has 0 heterocycles. The van der Waals surface area contributed by atoms with Crippen molar-refractivity contribution in [2.75, 3.05) is 6.61 Å². The monoisotopic (exact) mass is 226 g/mol. The number of hydrogen-bond donors (Lipinski definition) is 0. The van der Waals surface area contributed by atoms with E-state index >= 15 is 0 Å². The summed E-state index contributed by atoms with van der Waals surface area (Å²) in [4.78, 5) is 23.5. The lowest BCUT2D eigenvalue weighted by Crippen LogP contribution is -2.26. The van der Waals surface area contributed by atoms with Crippen molar-refractivity contribution in [2.24, 2.45) is 5.92 Å². The highest BCUT2D eigenvalue weighted by Crippen LogP contribution is 2.20. The largest absolute Gasteiger partial charge is 0.465 e. The van der Waals surface area contributed by atoms with Crippen LogP contribution in [0.1, 0.15) is 58.3 Å². The summed E-state index contributed by atoms with van der Waals surface area (Å²) in [6.45, 7) is 2.14. The lowest BCUT2D eigenvalue weighted by molar-refractivity contribution is -0.152. The summed E-state index contributed by atoms with van der Waals surface area (Å²) in [5.74, 6) is -0.716. The van der Waals surface area contributed by atoms with E-state index in [1.807, 2.05) is 0 Å². The molecule has 3 heteroatoms. The summed E-state index contributed by atoms with van der Waals surface area (Å²) in [6.07, 6.45) is 7.80. The predicted octanol–water partition coefficient (Wildman–Crippen LogP) is 2.87. The minimum absolute atomic E-state index is 0.0837. The highest BCUT2D eigenvalue weighted by atomic mass is 16.5. The van der Waals surface area contributed by atoms with Crippen molar-refractivity contribution in [1.82, 2.24) is 0 Å². The quantitative estimate of drug-likeness (QED) is 0.537. The van der Waals surface area contributed by atoms with Gasteiger partial charge in [0.15, 0.2) is 0 Å². The van der Waals surface area contributed by atoms with Gasteiger partial charge in [-0.25, -0.2) is 0 Å². The van der Waals surface area contributed by atoms with Crippen LogP contribution in [0.2, 0.25) is 0 Å². The van der Waals surface area contributed by atoms with Gasteiger partial charge in [-0.15, -0.1) is 0 Å². The van der Waals surface area contributed by atoms with E-state index in [1.54, 1.807) is 6.92 Å². The highest BCUT2D eigenvalue weighted by Gasteiger charge is 2.26. The fourth-order valence-electron chi connectivity index (χ4n) is 2.18. The Labute approximate surface area is 97.5 Å². The summed E-state index contributed by atoms with van der Waals surface area (Å²) in [5, 5.41) is 0. The number of carbonyl (C=O) groups excluding carboxylic acids is 2. The Bertz CT molecular complexity index is 235. The van der Waals surface area contributed by atoms with Crippen LogP contribution in [0, 0.1) is 5.92 Å². The lowest BCUT2D eigenvalue weighted by atomic mass is 9.91. The second-order valence-electron chi connectivity index (χ2n) is 4.43. The van der Waals surface area contributed by atoms with Gasteiger partial charge >= 0.3 is 5.97 Å². The zero-order valence-electron chi connectivity index (χ0n) is 10.2. The van der Waals surface area contributed by atoms with Crippen LogP contribution < -0.4 is 0 Å². The molecule has 0 bridgehead atoms. The van der Waals surface area contributed by atoms with Crippen LogP contribution in [-0.2, 0) is 14.3 Å². The van der Waals surface area contributed by atoms with E-state index in [2.05, 4.69) is 0 Å². The molecule has 0 saturated heterocycles. The Morgan fingerprint density at radius 3 is 2.50 bits per heavy atom. The molecular weight excluding hydrogens is 204 g/mol. The Hall–Kier alpha value is -0.860. The molecule has 1 rings (SSSR count). The zero-order valence-corrected chi connectivity index (χ0v) is 10.2. The van der Waals surface area contributed by atoms with Gasteiger partial charge < -0.3 is 4.74 Å². The molecule has 92 valence electrons. The van der Waals surface area contributed by atoms with E-state index in [-0.39, 0.29) is 11.8 Å². The lowest BCUT2D eigenvalue weighted by Gasteiger charge is -2.15. The van der Waals surface area contributed by atoms with E-state index in [4.69, 9.17) is 4.74 Å². The van der Waals surface area contributed by atoms with E-state index in [0.29, 0.717) is 19.4 Å². The van der Waals surface area contributed by atoms with Crippen molar-refractivity contribution in [3.05, 3.63) is 0 Å². The van der Waals surface area contributed by atoms with Crippen molar-refractivity contribution in [1.29, 1.82) is 0 Å². The number of rotatable bonds is 2.